The molecule has 3 rings (SSSR count). The number of ether oxygens (including phenoxy) is 3. The van der Waals surface area contributed by atoms with Crippen LogP contribution >= 0.6 is 11.8 Å². The molecule has 1 saturated heterocycles. The van der Waals surface area contributed by atoms with Crippen LogP contribution in [-0.4, -0.2) is 46.9 Å². The van der Waals surface area contributed by atoms with Crippen molar-refractivity contribution >= 4 is 34.8 Å². The van der Waals surface area contributed by atoms with Gasteiger partial charge >= 0.3 is 11.9 Å². The third-order valence-corrected chi connectivity index (χ3v) is 6.08. The molecule has 0 spiro atoms. The standard InChI is InChI=1S/C21H24N2O6S/c1-6-16-19(25)23-18(17(20(26)27-5)11(3)22-21(23)30-16)13-8-9-14(29-12(4)24)15(10-13)28-7-2/h8-10,16,18H,6-7H2,1-5H3/t16-,18+/m0/s1. The number of allylic oxidation sites excluding steroid dienone is 1. The summed E-state index contributed by atoms with van der Waals surface area (Å²) >= 11 is 1.39. The van der Waals surface area contributed by atoms with Gasteiger partial charge in [-0.25, -0.2) is 9.79 Å². The molecular formula is C21H24N2O6S. The summed E-state index contributed by atoms with van der Waals surface area (Å²) in [4.78, 5) is 43.2. The average molecular weight is 432 g/mol. The van der Waals surface area contributed by atoms with Gasteiger partial charge in [-0.2, -0.15) is 0 Å². The van der Waals surface area contributed by atoms with Crippen LogP contribution < -0.4 is 9.47 Å². The third kappa shape index (κ3) is 3.94. The monoisotopic (exact) mass is 432 g/mol. The van der Waals surface area contributed by atoms with Gasteiger partial charge < -0.3 is 14.2 Å². The van der Waals surface area contributed by atoms with Crippen LogP contribution in [0.15, 0.2) is 34.5 Å². The van der Waals surface area contributed by atoms with E-state index in [1.165, 1.54) is 25.8 Å². The Hall–Kier alpha value is -2.81. The quantitative estimate of drug-likeness (QED) is 0.503. The maximum Gasteiger partial charge on any atom is 0.338 e. The maximum atomic E-state index is 13.1. The molecule has 0 radical (unpaired) electrons. The Bertz CT molecular complexity index is 955. The van der Waals surface area contributed by atoms with E-state index in [1.54, 1.807) is 30.0 Å². The predicted molar refractivity (Wildman–Crippen MR) is 112 cm³/mol. The first-order chi connectivity index (χ1) is 14.3. The van der Waals surface area contributed by atoms with Crippen LogP contribution in [0.3, 0.4) is 0 Å². The van der Waals surface area contributed by atoms with E-state index in [-0.39, 0.29) is 22.5 Å². The van der Waals surface area contributed by atoms with Gasteiger partial charge in [-0.3, -0.25) is 14.5 Å². The van der Waals surface area contributed by atoms with Crippen molar-refractivity contribution in [3.05, 3.63) is 35.0 Å². The molecule has 1 amide bonds. The van der Waals surface area contributed by atoms with E-state index in [4.69, 9.17) is 14.2 Å². The number of fused-ring (bicyclic) bond motifs is 1. The second-order valence-electron chi connectivity index (χ2n) is 6.74. The normalized spacial score (nSPS) is 20.6. The second kappa shape index (κ2) is 8.91. The third-order valence-electron chi connectivity index (χ3n) is 4.76. The Morgan fingerprint density at radius 3 is 2.57 bits per heavy atom. The van der Waals surface area contributed by atoms with Crippen LogP contribution in [0.25, 0.3) is 0 Å². The van der Waals surface area contributed by atoms with Gasteiger partial charge in [0, 0.05) is 6.92 Å². The molecular weight excluding hydrogens is 408 g/mol. The lowest BCUT2D eigenvalue weighted by atomic mass is 9.94. The molecule has 2 aliphatic rings. The Kier molecular flexibility index (Phi) is 6.50. The summed E-state index contributed by atoms with van der Waals surface area (Å²) in [5, 5.41) is 0.298. The lowest BCUT2D eigenvalue weighted by Gasteiger charge is -2.33. The molecule has 0 unspecified atom stereocenters. The van der Waals surface area contributed by atoms with Gasteiger partial charge in [-0.1, -0.05) is 24.8 Å². The van der Waals surface area contributed by atoms with Crippen LogP contribution in [0.1, 0.15) is 45.7 Å². The molecule has 0 aromatic heterocycles. The fraction of sp³-hybridized carbons (Fsp3) is 0.429. The fourth-order valence-corrected chi connectivity index (χ4v) is 4.61. The summed E-state index contributed by atoms with van der Waals surface area (Å²) in [6, 6.07) is 4.28. The number of amides is 1. The Morgan fingerprint density at radius 2 is 1.97 bits per heavy atom. The summed E-state index contributed by atoms with van der Waals surface area (Å²) in [5.74, 6) is -0.518. The number of hydrogen-bond acceptors (Lipinski definition) is 8. The molecule has 0 aliphatic carbocycles. The van der Waals surface area contributed by atoms with Gasteiger partial charge in [0.2, 0.25) is 5.91 Å². The Labute approximate surface area is 179 Å². The SMILES string of the molecule is CCOc1cc([C@@H]2C(C(=O)OC)=C(C)N=C3S[C@@H](CC)C(=O)N32)ccc1OC(C)=O. The van der Waals surface area contributed by atoms with Gasteiger partial charge in [-0.15, -0.1) is 0 Å². The highest BCUT2D eigenvalue weighted by Gasteiger charge is 2.47. The highest BCUT2D eigenvalue weighted by Crippen LogP contribution is 2.45. The molecule has 30 heavy (non-hydrogen) atoms. The maximum absolute atomic E-state index is 13.1. The van der Waals surface area contributed by atoms with Crippen molar-refractivity contribution in [3.8, 4) is 11.5 Å². The van der Waals surface area contributed by atoms with E-state index in [1.807, 2.05) is 13.8 Å². The molecule has 1 fully saturated rings. The smallest absolute Gasteiger partial charge is 0.338 e. The highest BCUT2D eigenvalue weighted by molar-refractivity contribution is 8.15. The molecule has 2 aliphatic heterocycles. The zero-order valence-corrected chi connectivity index (χ0v) is 18.4. The molecule has 1 aromatic rings. The van der Waals surface area contributed by atoms with Gasteiger partial charge in [0.15, 0.2) is 16.7 Å². The first kappa shape index (κ1) is 21.9. The van der Waals surface area contributed by atoms with Crippen molar-refractivity contribution in [2.24, 2.45) is 4.99 Å². The number of carbonyl (C=O) groups excluding carboxylic acids is 3. The largest absolute Gasteiger partial charge is 0.490 e. The lowest BCUT2D eigenvalue weighted by Crippen LogP contribution is -2.40. The lowest BCUT2D eigenvalue weighted by molar-refractivity contribution is -0.137. The molecule has 1 aromatic carbocycles. The minimum absolute atomic E-state index is 0.109. The van der Waals surface area contributed by atoms with Crippen LogP contribution in [0.5, 0.6) is 11.5 Å². The summed E-state index contributed by atoms with van der Waals surface area (Å²) in [6.45, 7) is 7.13. The van der Waals surface area contributed by atoms with E-state index in [9.17, 15) is 14.4 Å². The van der Waals surface area contributed by atoms with Crippen molar-refractivity contribution in [3.63, 3.8) is 0 Å². The van der Waals surface area contributed by atoms with Crippen LogP contribution in [-0.2, 0) is 19.1 Å². The number of aliphatic imine (C=N–C) groups is 1. The van der Waals surface area contributed by atoms with E-state index in [0.29, 0.717) is 35.2 Å². The van der Waals surface area contributed by atoms with Gasteiger partial charge in [0.25, 0.3) is 0 Å². The molecule has 0 saturated carbocycles. The molecule has 2 heterocycles. The molecule has 160 valence electrons. The number of hydrogen-bond donors (Lipinski definition) is 0. The van der Waals surface area contributed by atoms with Crippen molar-refractivity contribution in [2.75, 3.05) is 13.7 Å². The first-order valence-corrected chi connectivity index (χ1v) is 10.5. The summed E-state index contributed by atoms with van der Waals surface area (Å²) < 4.78 is 15.9. The highest BCUT2D eigenvalue weighted by atomic mass is 32.2. The van der Waals surface area contributed by atoms with Crippen LogP contribution in [0.2, 0.25) is 0 Å². The van der Waals surface area contributed by atoms with Crippen molar-refractivity contribution in [1.29, 1.82) is 0 Å². The molecule has 0 N–H and O–H groups in total. The summed E-state index contributed by atoms with van der Waals surface area (Å²) in [5.41, 5.74) is 1.42. The Morgan fingerprint density at radius 1 is 1.23 bits per heavy atom. The number of nitrogens with zero attached hydrogens (tertiary/aromatic N) is 2. The van der Waals surface area contributed by atoms with Crippen molar-refractivity contribution in [1.82, 2.24) is 4.90 Å². The van der Waals surface area contributed by atoms with Gasteiger partial charge in [-0.05, 0) is 38.0 Å². The zero-order chi connectivity index (χ0) is 22.0. The predicted octanol–water partition coefficient (Wildman–Crippen LogP) is 3.22. The fourth-order valence-electron chi connectivity index (χ4n) is 3.48. The number of benzene rings is 1. The minimum atomic E-state index is -0.716. The number of thioether (sulfide) groups is 1. The number of rotatable bonds is 6. The Balaban J connectivity index is 2.15. The average Bonchev–Trinajstić information content (AvgIpc) is 3.02. The van der Waals surface area contributed by atoms with Crippen LogP contribution in [0, 0.1) is 0 Å². The zero-order valence-electron chi connectivity index (χ0n) is 17.6. The number of carbonyl (C=O) groups is 3. The van der Waals surface area contributed by atoms with E-state index in [0.717, 1.165) is 0 Å². The summed E-state index contributed by atoms with van der Waals surface area (Å²) in [7, 11) is 1.30. The molecule has 8 nitrogen and oxygen atoms in total. The first-order valence-electron chi connectivity index (χ1n) is 9.64. The van der Waals surface area contributed by atoms with Crippen molar-refractivity contribution in [2.45, 2.75) is 45.4 Å². The molecule has 2 atom stereocenters. The number of esters is 2. The number of methoxy groups -OCH3 is 1. The minimum Gasteiger partial charge on any atom is -0.490 e. The summed E-state index contributed by atoms with van der Waals surface area (Å²) in [6.07, 6.45) is 0.647. The van der Waals surface area contributed by atoms with E-state index < -0.39 is 18.0 Å². The molecule has 0 bridgehead atoms. The molecule has 9 heteroatoms. The van der Waals surface area contributed by atoms with Crippen molar-refractivity contribution < 1.29 is 28.6 Å². The van der Waals surface area contributed by atoms with Gasteiger partial charge in [0.05, 0.1) is 36.3 Å². The van der Waals surface area contributed by atoms with Gasteiger partial charge in [0.1, 0.15) is 0 Å². The second-order valence-corrected chi connectivity index (χ2v) is 7.91. The van der Waals surface area contributed by atoms with E-state index in [2.05, 4.69) is 4.99 Å². The number of amidine groups is 1. The van der Waals surface area contributed by atoms with Crippen LogP contribution in [0.4, 0.5) is 0 Å². The van der Waals surface area contributed by atoms with E-state index >= 15 is 0 Å². The topological polar surface area (TPSA) is 94.5 Å².